The molecule has 0 aromatic heterocycles. The van der Waals surface area contributed by atoms with Crippen molar-refractivity contribution in [2.24, 2.45) is 0 Å². The number of ketones is 2. The summed E-state index contributed by atoms with van der Waals surface area (Å²) < 4.78 is 18.8. The Balaban J connectivity index is 0.00000154. The first-order valence-corrected chi connectivity index (χ1v) is 10.4. The topological polar surface area (TPSA) is 174 Å². The number of hydrogen-bond acceptors (Lipinski definition) is 8. The Bertz CT molecular complexity index is 977. The summed E-state index contributed by atoms with van der Waals surface area (Å²) in [6, 6.07) is 9.34. The fourth-order valence-corrected chi connectivity index (χ4v) is 2.26. The number of phenols is 2. The van der Waals surface area contributed by atoms with Crippen LogP contribution in [0.15, 0.2) is 48.6 Å². The number of carbonyl (C=O) groups is 2. The largest absolute Gasteiger partial charge is 1.00 e. The fourth-order valence-electron chi connectivity index (χ4n) is 2.26. The molecule has 172 valence electrons. The quantitative estimate of drug-likeness (QED) is 0.153. The minimum absolute atomic E-state index is 0. The van der Waals surface area contributed by atoms with Crippen LogP contribution in [0.4, 0.5) is 0 Å². The van der Waals surface area contributed by atoms with Crippen molar-refractivity contribution in [3.63, 3.8) is 0 Å². The van der Waals surface area contributed by atoms with Gasteiger partial charge in [-0.15, -0.1) is 0 Å². The first-order chi connectivity index (χ1) is 14.9. The van der Waals surface area contributed by atoms with Gasteiger partial charge in [0, 0.05) is 0 Å². The summed E-state index contributed by atoms with van der Waals surface area (Å²) in [7, 11) is -2.02. The van der Waals surface area contributed by atoms with Crippen molar-refractivity contribution in [1.82, 2.24) is 0 Å². The van der Waals surface area contributed by atoms with E-state index in [1.807, 2.05) is 0 Å². The molecule has 12 heteroatoms. The van der Waals surface area contributed by atoms with Gasteiger partial charge in [0.15, 0.2) is 34.6 Å². The Kier molecular flexibility index (Phi) is 13.6. The van der Waals surface area contributed by atoms with Crippen LogP contribution in [0, 0.1) is 0 Å². The molecule has 0 aliphatic carbocycles. The molecule has 0 fully saturated rings. The second-order valence-electron chi connectivity index (χ2n) is 6.13. The molecule has 2 rings (SSSR count). The smallest absolute Gasteiger partial charge is 0.756 e. The molecule has 0 spiro atoms. The molecule has 4 N–H and O–H groups in total. The first-order valence-electron chi connectivity index (χ1n) is 8.85. The van der Waals surface area contributed by atoms with Crippen LogP contribution in [-0.2, 0) is 14.2 Å². The minimum Gasteiger partial charge on any atom is -0.756 e. The maximum absolute atomic E-state index is 11.9. The Morgan fingerprint density at radius 3 is 1.52 bits per heavy atom. The van der Waals surface area contributed by atoms with Gasteiger partial charge in [0.05, 0.1) is 20.6 Å². The molecule has 0 saturated heterocycles. The molecular formula is C21H22NaO10P. The average Bonchev–Trinajstić information content (AvgIpc) is 2.71. The van der Waals surface area contributed by atoms with Crippen LogP contribution in [0.25, 0.3) is 12.2 Å². The molecule has 0 saturated carbocycles. The van der Waals surface area contributed by atoms with E-state index in [2.05, 4.69) is 0 Å². The number of methoxy groups -OCH3 is 2. The van der Waals surface area contributed by atoms with E-state index in [1.165, 1.54) is 38.5 Å². The van der Waals surface area contributed by atoms with Crippen molar-refractivity contribution in [2.45, 2.75) is 6.42 Å². The molecule has 0 amide bonds. The number of ether oxygens (including phenoxy) is 2. The molecule has 0 unspecified atom stereocenters. The summed E-state index contributed by atoms with van der Waals surface area (Å²) in [6.07, 6.45) is 5.44. The van der Waals surface area contributed by atoms with Crippen LogP contribution >= 0.6 is 7.82 Å². The fraction of sp³-hybridized carbons (Fsp3) is 0.143. The van der Waals surface area contributed by atoms with E-state index in [9.17, 15) is 19.8 Å². The summed E-state index contributed by atoms with van der Waals surface area (Å²) in [5.41, 5.74) is 1.33. The molecule has 33 heavy (non-hydrogen) atoms. The zero-order valence-electron chi connectivity index (χ0n) is 18.2. The van der Waals surface area contributed by atoms with E-state index < -0.39 is 7.82 Å². The molecule has 2 aromatic carbocycles. The van der Waals surface area contributed by atoms with Gasteiger partial charge < -0.3 is 34.4 Å². The molecule has 0 bridgehead atoms. The Morgan fingerprint density at radius 2 is 1.21 bits per heavy atom. The Morgan fingerprint density at radius 1 is 0.879 bits per heavy atom. The van der Waals surface area contributed by atoms with Crippen LogP contribution in [0.1, 0.15) is 17.5 Å². The van der Waals surface area contributed by atoms with Gasteiger partial charge in [-0.3, -0.25) is 14.2 Å². The standard InChI is InChI=1S/C21H20O6.Na.H3O4P/c1-26-20-11-14(5-9-18(20)24)3-7-16(22)13-17(23)8-4-15-6-10-19(25)21(12-15)27-2;;1-5(2,3)4/h3-12,24-25H,13H2,1-2H3;;(H3,1,2,3,4)/q;+1;/p-1/b7-3+,8-4+;;. The second-order valence-corrected chi connectivity index (χ2v) is 7.11. The van der Waals surface area contributed by atoms with Crippen molar-refractivity contribution < 1.29 is 78.1 Å². The summed E-state index contributed by atoms with van der Waals surface area (Å²) in [6.45, 7) is 0. The van der Waals surface area contributed by atoms with Crippen molar-refractivity contribution >= 4 is 31.5 Å². The second kappa shape index (κ2) is 14.7. The van der Waals surface area contributed by atoms with Crippen LogP contribution in [-0.4, -0.2) is 45.8 Å². The molecular weight excluding hydrogens is 466 g/mol. The monoisotopic (exact) mass is 488 g/mol. The molecule has 0 atom stereocenters. The maximum atomic E-state index is 11.9. The van der Waals surface area contributed by atoms with Gasteiger partial charge in [-0.25, -0.2) is 0 Å². The first kappa shape index (κ1) is 30.6. The van der Waals surface area contributed by atoms with Crippen molar-refractivity contribution in [2.75, 3.05) is 14.2 Å². The third-order valence-corrected chi connectivity index (χ3v) is 3.68. The number of carbonyl (C=O) groups excluding carboxylic acids is 2. The predicted molar refractivity (Wildman–Crippen MR) is 114 cm³/mol. The molecule has 0 heterocycles. The van der Waals surface area contributed by atoms with Gasteiger partial charge in [-0.05, 0) is 47.5 Å². The van der Waals surface area contributed by atoms with E-state index in [-0.39, 0.29) is 59.0 Å². The van der Waals surface area contributed by atoms with Gasteiger partial charge in [0.1, 0.15) is 0 Å². The molecule has 2 aromatic rings. The number of rotatable bonds is 8. The van der Waals surface area contributed by atoms with E-state index >= 15 is 0 Å². The summed E-state index contributed by atoms with van der Waals surface area (Å²) in [5.74, 6) is -0.0832. The van der Waals surface area contributed by atoms with Crippen LogP contribution < -0.4 is 43.9 Å². The summed E-state index contributed by atoms with van der Waals surface area (Å²) >= 11 is 0. The number of allylic oxidation sites excluding steroid dienone is 2. The number of phenolic OH excluding ortho intramolecular Hbond substituents is 2. The van der Waals surface area contributed by atoms with E-state index in [1.54, 1.807) is 36.4 Å². The van der Waals surface area contributed by atoms with Crippen LogP contribution in [0.2, 0.25) is 0 Å². The number of phosphoric acid groups is 1. The SMILES string of the molecule is COc1cc(/C=C/C(=O)CC(=O)/C=C/c2ccc(O)c(OC)c2)ccc1O.O=P([O-])(O)O.[Na+]. The third-order valence-electron chi connectivity index (χ3n) is 3.68. The van der Waals surface area contributed by atoms with Crippen molar-refractivity contribution in [3.05, 3.63) is 59.7 Å². The van der Waals surface area contributed by atoms with E-state index in [0.717, 1.165) is 0 Å². The minimum atomic E-state index is -4.89. The number of benzene rings is 2. The Hall–Kier alpha value is -2.43. The normalized spacial score (nSPS) is 10.8. The summed E-state index contributed by atoms with van der Waals surface area (Å²) in [5, 5.41) is 19.1. The molecule has 0 aliphatic rings. The van der Waals surface area contributed by atoms with Gasteiger partial charge in [0.25, 0.3) is 7.82 Å². The maximum Gasteiger partial charge on any atom is 1.00 e. The van der Waals surface area contributed by atoms with Crippen molar-refractivity contribution in [1.29, 1.82) is 0 Å². The zero-order valence-corrected chi connectivity index (χ0v) is 21.1. The third kappa shape index (κ3) is 13.0. The number of hydrogen-bond donors (Lipinski definition) is 4. The van der Waals surface area contributed by atoms with Crippen molar-refractivity contribution in [3.8, 4) is 23.0 Å². The number of aromatic hydroxyl groups is 2. The van der Waals surface area contributed by atoms with E-state index in [0.29, 0.717) is 22.6 Å². The predicted octanol–water partition coefficient (Wildman–Crippen LogP) is -1.19. The zero-order chi connectivity index (χ0) is 24.3. The molecule has 0 radical (unpaired) electrons. The van der Waals surface area contributed by atoms with Gasteiger partial charge in [0.2, 0.25) is 0 Å². The Labute approximate surface area is 212 Å². The average molecular weight is 488 g/mol. The van der Waals surface area contributed by atoms with Gasteiger partial charge in [-0.1, -0.05) is 24.3 Å². The molecule has 10 nitrogen and oxygen atoms in total. The van der Waals surface area contributed by atoms with E-state index in [4.69, 9.17) is 28.7 Å². The van der Waals surface area contributed by atoms with Crippen LogP contribution in [0.5, 0.6) is 23.0 Å². The van der Waals surface area contributed by atoms with Gasteiger partial charge in [-0.2, -0.15) is 0 Å². The summed E-state index contributed by atoms with van der Waals surface area (Å²) in [4.78, 5) is 46.8. The van der Waals surface area contributed by atoms with Crippen LogP contribution in [0.3, 0.4) is 0 Å². The molecule has 0 aliphatic heterocycles. The van der Waals surface area contributed by atoms with Gasteiger partial charge >= 0.3 is 29.6 Å².